The van der Waals surface area contributed by atoms with E-state index in [1.54, 1.807) is 16.6 Å². The first-order valence-electron chi connectivity index (χ1n) is 11.3. The summed E-state index contributed by atoms with van der Waals surface area (Å²) in [5.41, 5.74) is 2.28. The molecule has 3 atom stereocenters. The van der Waals surface area contributed by atoms with E-state index in [0.717, 1.165) is 48.0 Å². The van der Waals surface area contributed by atoms with Gasteiger partial charge in [-0.25, -0.2) is 13.9 Å². The number of aryl methyl sites for hydroxylation is 1. The average molecular weight is 475 g/mol. The van der Waals surface area contributed by atoms with Crippen molar-refractivity contribution in [3.05, 3.63) is 53.7 Å². The smallest absolute Gasteiger partial charge is 0.243 e. The van der Waals surface area contributed by atoms with Crippen LogP contribution in [0.1, 0.15) is 31.2 Å². The molecule has 34 heavy (non-hydrogen) atoms. The molecule has 1 N–H and O–H groups in total. The number of rotatable bonds is 4. The third kappa shape index (κ3) is 3.39. The van der Waals surface area contributed by atoms with Crippen molar-refractivity contribution in [2.45, 2.75) is 32.7 Å². The van der Waals surface area contributed by atoms with E-state index >= 15 is 0 Å². The van der Waals surface area contributed by atoms with Gasteiger partial charge in [-0.1, -0.05) is 13.0 Å². The number of fused-ring (bicyclic) bond motifs is 3. The molecule has 0 radical (unpaired) electrons. The number of nitriles is 1. The molecule has 172 valence electrons. The molecule has 3 aromatic heterocycles. The Labute approximate surface area is 200 Å². The molecular weight excluding hydrogens is 451 g/mol. The Morgan fingerprint density at radius 3 is 2.94 bits per heavy atom. The summed E-state index contributed by atoms with van der Waals surface area (Å²) < 4.78 is 19.9. The van der Waals surface area contributed by atoms with Crippen LogP contribution in [-0.2, 0) is 0 Å². The number of pyridine rings is 1. The fourth-order valence-corrected chi connectivity index (χ4v) is 6.21. The van der Waals surface area contributed by atoms with E-state index in [1.807, 2.05) is 31.3 Å². The molecule has 2 bridgehead atoms. The Hall–Kier alpha value is -3.58. The van der Waals surface area contributed by atoms with E-state index in [-0.39, 0.29) is 17.0 Å². The summed E-state index contributed by atoms with van der Waals surface area (Å²) in [5.74, 6) is 1.34. The summed E-state index contributed by atoms with van der Waals surface area (Å²) in [5, 5.41) is 18.5. The van der Waals surface area contributed by atoms with Crippen LogP contribution < -0.4 is 10.2 Å². The predicted octanol–water partition coefficient (Wildman–Crippen LogP) is 4.28. The minimum atomic E-state index is -0.527. The summed E-state index contributed by atoms with van der Waals surface area (Å²) >= 11 is 1.47. The van der Waals surface area contributed by atoms with Crippen LogP contribution in [-0.4, -0.2) is 43.1 Å². The number of halogens is 1. The highest BCUT2D eigenvalue weighted by molar-refractivity contribution is 7.09. The minimum absolute atomic E-state index is 0.0132. The number of aromatic nitrogens is 5. The van der Waals surface area contributed by atoms with Crippen LogP contribution in [0.3, 0.4) is 0 Å². The maximum absolute atomic E-state index is 13.8. The topological polar surface area (TPSA) is 95.0 Å². The molecule has 1 saturated heterocycles. The number of anilines is 2. The summed E-state index contributed by atoms with van der Waals surface area (Å²) in [7, 11) is 0. The van der Waals surface area contributed by atoms with Gasteiger partial charge in [-0.3, -0.25) is 0 Å². The van der Waals surface area contributed by atoms with Gasteiger partial charge >= 0.3 is 0 Å². The maximum atomic E-state index is 13.8. The normalized spacial score (nSPS) is 23.9. The minimum Gasteiger partial charge on any atom is -0.349 e. The van der Waals surface area contributed by atoms with E-state index in [0.29, 0.717) is 17.5 Å². The van der Waals surface area contributed by atoms with Crippen LogP contribution in [0.15, 0.2) is 36.5 Å². The summed E-state index contributed by atoms with van der Waals surface area (Å²) in [6.45, 7) is 6.11. The second-order valence-electron chi connectivity index (χ2n) is 9.51. The SMILES string of the molecule is Cc1nsc(N2C[C@H]3CC[C@@](C)(C2)[C@@H]3Nc2nc3c(-c4ccc(F)c(C#N)c4)cccn3n2)n1. The van der Waals surface area contributed by atoms with Crippen molar-refractivity contribution in [1.82, 2.24) is 24.0 Å². The highest BCUT2D eigenvalue weighted by atomic mass is 32.1. The molecule has 10 heteroatoms. The first kappa shape index (κ1) is 21.0. The summed E-state index contributed by atoms with van der Waals surface area (Å²) in [6, 6.07) is 10.5. The number of piperidine rings is 1. The Kier molecular flexibility index (Phi) is 4.78. The molecule has 2 aliphatic rings. The van der Waals surface area contributed by atoms with E-state index in [2.05, 4.69) is 31.6 Å². The molecule has 4 heterocycles. The van der Waals surface area contributed by atoms with Crippen molar-refractivity contribution in [2.24, 2.45) is 11.3 Å². The molecular formula is C24H23FN8S. The molecule has 0 spiro atoms. The van der Waals surface area contributed by atoms with Crippen LogP contribution in [0.5, 0.6) is 0 Å². The second-order valence-corrected chi connectivity index (χ2v) is 10.2. The largest absolute Gasteiger partial charge is 0.349 e. The first-order chi connectivity index (χ1) is 16.4. The van der Waals surface area contributed by atoms with E-state index in [1.165, 1.54) is 17.6 Å². The van der Waals surface area contributed by atoms with Crippen molar-refractivity contribution in [3.8, 4) is 17.2 Å². The quantitative estimate of drug-likeness (QED) is 0.472. The van der Waals surface area contributed by atoms with Gasteiger partial charge in [0.2, 0.25) is 11.1 Å². The zero-order valence-corrected chi connectivity index (χ0v) is 19.7. The van der Waals surface area contributed by atoms with Crippen LogP contribution >= 0.6 is 11.5 Å². The molecule has 1 aromatic carbocycles. The van der Waals surface area contributed by atoms with Crippen molar-refractivity contribution < 1.29 is 4.39 Å². The van der Waals surface area contributed by atoms with Gasteiger partial charge in [0.25, 0.3) is 0 Å². The lowest BCUT2D eigenvalue weighted by atomic mass is 9.79. The van der Waals surface area contributed by atoms with Crippen molar-refractivity contribution in [2.75, 3.05) is 23.3 Å². The van der Waals surface area contributed by atoms with Gasteiger partial charge in [-0.15, -0.1) is 5.10 Å². The van der Waals surface area contributed by atoms with Crippen LogP contribution in [0, 0.1) is 35.4 Å². The Morgan fingerprint density at radius 2 is 2.18 bits per heavy atom. The van der Waals surface area contributed by atoms with Crippen molar-refractivity contribution >= 4 is 28.3 Å². The molecule has 2 fully saturated rings. The monoisotopic (exact) mass is 474 g/mol. The number of nitrogens with one attached hydrogen (secondary N) is 1. The predicted molar refractivity (Wildman–Crippen MR) is 128 cm³/mol. The molecule has 4 aromatic rings. The standard InChI is InChI=1S/C24H23FN8S/c1-14-27-23(34-31-14)32-12-16-7-8-24(2,13-32)20(16)28-22-29-21-18(4-3-9-33(21)30-22)15-5-6-19(25)17(10-15)11-26/h3-6,9-10,16,20H,7-8,12-13H2,1-2H3,(H,28,30)/t16-,20-,24+/m1/s1. The lowest BCUT2D eigenvalue weighted by molar-refractivity contribution is 0.253. The Bertz CT molecular complexity index is 1440. The molecule has 1 aliphatic carbocycles. The molecule has 1 aliphatic heterocycles. The van der Waals surface area contributed by atoms with E-state index < -0.39 is 5.82 Å². The first-order valence-corrected chi connectivity index (χ1v) is 12.1. The van der Waals surface area contributed by atoms with Gasteiger partial charge in [-0.2, -0.15) is 14.6 Å². The molecule has 0 amide bonds. The van der Waals surface area contributed by atoms with Crippen molar-refractivity contribution in [3.63, 3.8) is 0 Å². The maximum Gasteiger partial charge on any atom is 0.243 e. The highest BCUT2D eigenvalue weighted by Gasteiger charge is 2.51. The van der Waals surface area contributed by atoms with E-state index in [9.17, 15) is 9.65 Å². The van der Waals surface area contributed by atoms with Gasteiger partial charge in [0.15, 0.2) is 5.65 Å². The molecule has 1 saturated carbocycles. The highest BCUT2D eigenvalue weighted by Crippen LogP contribution is 2.48. The van der Waals surface area contributed by atoms with Gasteiger partial charge < -0.3 is 10.2 Å². The second kappa shape index (κ2) is 7.74. The lowest BCUT2D eigenvalue weighted by Crippen LogP contribution is -2.53. The Balaban J connectivity index is 1.29. The van der Waals surface area contributed by atoms with Crippen LogP contribution in [0.4, 0.5) is 15.5 Å². The van der Waals surface area contributed by atoms with Gasteiger partial charge in [0, 0.05) is 47.8 Å². The average Bonchev–Trinajstić information content (AvgIpc) is 3.49. The summed E-state index contributed by atoms with van der Waals surface area (Å²) in [6.07, 6.45) is 4.13. The van der Waals surface area contributed by atoms with Crippen molar-refractivity contribution in [1.29, 1.82) is 5.26 Å². The Morgan fingerprint density at radius 1 is 1.29 bits per heavy atom. The van der Waals surface area contributed by atoms with Gasteiger partial charge in [-0.05, 0) is 55.5 Å². The third-order valence-corrected chi connectivity index (χ3v) is 8.02. The molecule has 6 rings (SSSR count). The fourth-order valence-electron chi connectivity index (χ4n) is 5.53. The molecule has 0 unspecified atom stereocenters. The zero-order valence-electron chi connectivity index (χ0n) is 18.9. The lowest BCUT2D eigenvalue weighted by Gasteiger charge is -2.44. The van der Waals surface area contributed by atoms with E-state index in [4.69, 9.17) is 4.98 Å². The number of benzene rings is 1. The number of nitrogens with zero attached hydrogens (tertiary/aromatic N) is 7. The zero-order chi connectivity index (χ0) is 23.4. The van der Waals surface area contributed by atoms with Gasteiger partial charge in [0.1, 0.15) is 17.7 Å². The van der Waals surface area contributed by atoms with Crippen LogP contribution in [0.25, 0.3) is 16.8 Å². The number of hydrogen-bond acceptors (Lipinski definition) is 8. The third-order valence-electron chi connectivity index (χ3n) is 7.15. The summed E-state index contributed by atoms with van der Waals surface area (Å²) in [4.78, 5) is 11.8. The fraction of sp³-hybridized carbons (Fsp3) is 0.375. The van der Waals surface area contributed by atoms with Crippen LogP contribution in [0.2, 0.25) is 0 Å². The number of hydrogen-bond donors (Lipinski definition) is 1. The molecule has 8 nitrogen and oxygen atoms in total. The van der Waals surface area contributed by atoms with Gasteiger partial charge in [0.05, 0.1) is 5.56 Å².